The van der Waals surface area contributed by atoms with E-state index in [1.165, 1.54) is 31.2 Å². The van der Waals surface area contributed by atoms with Gasteiger partial charge in [-0.3, -0.25) is 4.57 Å². The van der Waals surface area contributed by atoms with Crippen molar-refractivity contribution < 1.29 is 13.6 Å². The van der Waals surface area contributed by atoms with Crippen molar-refractivity contribution in [2.24, 2.45) is 0 Å². The van der Waals surface area contributed by atoms with Crippen LogP contribution in [0.15, 0.2) is 36.2 Å². The third-order valence-electron chi connectivity index (χ3n) is 2.67. The van der Waals surface area contributed by atoms with Crippen LogP contribution in [0.3, 0.4) is 0 Å². The van der Waals surface area contributed by atoms with Crippen molar-refractivity contribution in [3.8, 4) is 0 Å². The van der Waals surface area contributed by atoms with Crippen LogP contribution in [-0.2, 0) is 13.6 Å². The Labute approximate surface area is 103 Å². The van der Waals surface area contributed by atoms with Gasteiger partial charge in [-0.1, -0.05) is 42.8 Å². The molecule has 1 aromatic carbocycles. The molecule has 0 aromatic heterocycles. The third-order valence-corrected chi connectivity index (χ3v) is 4.22. The van der Waals surface area contributed by atoms with E-state index in [2.05, 4.69) is 24.3 Å². The van der Waals surface area contributed by atoms with Gasteiger partial charge < -0.3 is 9.05 Å². The largest absolute Gasteiger partial charge is 0.353 e. The second-order valence-electron chi connectivity index (χ2n) is 3.95. The summed E-state index contributed by atoms with van der Waals surface area (Å²) in [5, 5.41) is 0. The maximum Gasteiger partial charge on any atom is 0.353 e. The van der Waals surface area contributed by atoms with Crippen LogP contribution in [0.1, 0.15) is 24.0 Å². The second-order valence-corrected chi connectivity index (χ2v) is 6.05. The van der Waals surface area contributed by atoms with Gasteiger partial charge in [0.15, 0.2) is 0 Å². The van der Waals surface area contributed by atoms with Gasteiger partial charge in [-0.15, -0.1) is 0 Å². The first kappa shape index (κ1) is 14.2. The molecule has 0 aliphatic rings. The number of aryl methyl sites for hydroxylation is 1. The van der Waals surface area contributed by atoms with Crippen LogP contribution in [0.25, 0.3) is 0 Å². The number of benzene rings is 1. The molecule has 17 heavy (non-hydrogen) atoms. The molecule has 1 rings (SSSR count). The fourth-order valence-corrected chi connectivity index (χ4v) is 2.27. The standard InChI is InChI=1S/C13H19O3P/c1-11-5-7-13(8-6-11)12(2)9-10-17(14,15-3)16-4/h5-10,12H,1-4H3/b10-9+. The molecule has 0 aliphatic carbocycles. The summed E-state index contributed by atoms with van der Waals surface area (Å²) >= 11 is 0. The first-order chi connectivity index (χ1) is 8.00. The van der Waals surface area contributed by atoms with Gasteiger partial charge in [0.25, 0.3) is 0 Å². The average Bonchev–Trinajstić information content (AvgIpc) is 2.36. The van der Waals surface area contributed by atoms with E-state index in [4.69, 9.17) is 9.05 Å². The summed E-state index contributed by atoms with van der Waals surface area (Å²) in [7, 11) is -0.285. The van der Waals surface area contributed by atoms with E-state index in [1.807, 2.05) is 19.9 Å². The zero-order valence-corrected chi connectivity index (χ0v) is 11.6. The van der Waals surface area contributed by atoms with Crippen molar-refractivity contribution in [3.05, 3.63) is 47.3 Å². The Morgan fingerprint density at radius 1 is 1.18 bits per heavy atom. The van der Waals surface area contributed by atoms with Crippen LogP contribution in [0.5, 0.6) is 0 Å². The average molecular weight is 254 g/mol. The fraction of sp³-hybridized carbons (Fsp3) is 0.385. The molecule has 0 spiro atoms. The van der Waals surface area contributed by atoms with E-state index >= 15 is 0 Å². The zero-order valence-electron chi connectivity index (χ0n) is 10.7. The first-order valence-corrected chi connectivity index (χ1v) is 7.09. The lowest BCUT2D eigenvalue weighted by atomic mass is 10.0. The SMILES string of the molecule is COP(=O)(/C=C/C(C)c1ccc(C)cc1)OC. The molecule has 0 aliphatic heterocycles. The van der Waals surface area contributed by atoms with E-state index < -0.39 is 7.60 Å². The minimum Gasteiger partial charge on any atom is -0.309 e. The van der Waals surface area contributed by atoms with E-state index in [0.29, 0.717) is 0 Å². The van der Waals surface area contributed by atoms with Crippen molar-refractivity contribution in [2.75, 3.05) is 14.2 Å². The lowest BCUT2D eigenvalue weighted by Crippen LogP contribution is -1.90. The number of rotatable bonds is 5. The molecule has 94 valence electrons. The van der Waals surface area contributed by atoms with Crippen LogP contribution >= 0.6 is 7.60 Å². The van der Waals surface area contributed by atoms with Crippen molar-refractivity contribution in [1.29, 1.82) is 0 Å². The van der Waals surface area contributed by atoms with E-state index in [1.54, 1.807) is 0 Å². The maximum atomic E-state index is 11.8. The Balaban J connectivity index is 2.78. The predicted molar refractivity (Wildman–Crippen MR) is 70.4 cm³/mol. The molecule has 0 heterocycles. The molecule has 0 N–H and O–H groups in total. The van der Waals surface area contributed by atoms with Crippen LogP contribution in [-0.4, -0.2) is 14.2 Å². The Kier molecular flexibility index (Phi) is 5.13. The zero-order chi connectivity index (χ0) is 12.9. The Morgan fingerprint density at radius 2 is 1.71 bits per heavy atom. The summed E-state index contributed by atoms with van der Waals surface area (Å²) in [6.45, 7) is 4.09. The fourth-order valence-electron chi connectivity index (χ4n) is 1.41. The van der Waals surface area contributed by atoms with Crippen molar-refractivity contribution in [2.45, 2.75) is 19.8 Å². The maximum absolute atomic E-state index is 11.8. The summed E-state index contributed by atoms with van der Waals surface area (Å²) in [5.74, 6) is 1.69. The van der Waals surface area contributed by atoms with Gasteiger partial charge in [0, 0.05) is 20.0 Å². The molecule has 1 atom stereocenters. The molecule has 0 fully saturated rings. The van der Waals surface area contributed by atoms with Crippen LogP contribution in [0, 0.1) is 6.92 Å². The summed E-state index contributed by atoms with van der Waals surface area (Å²) in [5.41, 5.74) is 2.40. The Hall–Kier alpha value is -0.890. The molecule has 0 saturated heterocycles. The minimum atomic E-state index is -3.05. The van der Waals surface area contributed by atoms with Gasteiger partial charge in [-0.2, -0.15) is 0 Å². The summed E-state index contributed by atoms with van der Waals surface area (Å²) in [6, 6.07) is 8.25. The van der Waals surface area contributed by atoms with Crippen molar-refractivity contribution in [1.82, 2.24) is 0 Å². The molecule has 4 heteroatoms. The topological polar surface area (TPSA) is 35.5 Å². The van der Waals surface area contributed by atoms with Crippen LogP contribution in [0.4, 0.5) is 0 Å². The van der Waals surface area contributed by atoms with Crippen molar-refractivity contribution in [3.63, 3.8) is 0 Å². The van der Waals surface area contributed by atoms with E-state index in [-0.39, 0.29) is 5.92 Å². The second kappa shape index (κ2) is 6.15. The van der Waals surface area contributed by atoms with E-state index in [9.17, 15) is 4.57 Å². The molecule has 1 unspecified atom stereocenters. The Morgan fingerprint density at radius 3 is 2.18 bits per heavy atom. The number of hydrogen-bond acceptors (Lipinski definition) is 3. The normalized spacial score (nSPS) is 14.1. The molecular weight excluding hydrogens is 235 g/mol. The highest BCUT2D eigenvalue weighted by atomic mass is 31.2. The van der Waals surface area contributed by atoms with E-state index in [0.717, 1.165) is 0 Å². The number of hydrogen-bond donors (Lipinski definition) is 0. The van der Waals surface area contributed by atoms with Gasteiger partial charge in [-0.05, 0) is 18.4 Å². The van der Waals surface area contributed by atoms with Crippen molar-refractivity contribution >= 4 is 7.60 Å². The molecule has 0 amide bonds. The minimum absolute atomic E-state index is 0.175. The third kappa shape index (κ3) is 4.12. The molecule has 0 bridgehead atoms. The lowest BCUT2D eigenvalue weighted by Gasteiger charge is -2.11. The van der Waals surface area contributed by atoms with Gasteiger partial charge in [-0.25, -0.2) is 0 Å². The van der Waals surface area contributed by atoms with Gasteiger partial charge in [0.1, 0.15) is 0 Å². The Bertz CT molecular complexity index is 415. The van der Waals surface area contributed by atoms with Gasteiger partial charge in [0.2, 0.25) is 0 Å². The summed E-state index contributed by atoms with van der Waals surface area (Å²) in [4.78, 5) is 0. The molecular formula is C13H19O3P. The highest BCUT2D eigenvalue weighted by Crippen LogP contribution is 2.48. The highest BCUT2D eigenvalue weighted by Gasteiger charge is 2.16. The molecule has 0 radical (unpaired) electrons. The predicted octanol–water partition coefficient (Wildman–Crippen LogP) is 4.10. The smallest absolute Gasteiger partial charge is 0.309 e. The molecule has 3 nitrogen and oxygen atoms in total. The molecule has 0 saturated carbocycles. The lowest BCUT2D eigenvalue weighted by molar-refractivity contribution is 0.286. The molecule has 1 aromatic rings. The van der Waals surface area contributed by atoms with Gasteiger partial charge >= 0.3 is 7.60 Å². The highest BCUT2D eigenvalue weighted by molar-refractivity contribution is 7.57. The summed E-state index contributed by atoms with van der Waals surface area (Å²) < 4.78 is 21.5. The first-order valence-electron chi connectivity index (χ1n) is 5.48. The van der Waals surface area contributed by atoms with Crippen LogP contribution < -0.4 is 0 Å². The van der Waals surface area contributed by atoms with Gasteiger partial charge in [0.05, 0.1) is 0 Å². The quantitative estimate of drug-likeness (QED) is 0.742. The summed E-state index contributed by atoms with van der Waals surface area (Å²) in [6.07, 6.45) is 1.85. The van der Waals surface area contributed by atoms with Crippen LogP contribution in [0.2, 0.25) is 0 Å². The number of allylic oxidation sites excluding steroid dienone is 1. The monoisotopic (exact) mass is 254 g/mol.